The maximum atomic E-state index is 10.9. The first kappa shape index (κ1) is 12.6. The zero-order valence-electron chi connectivity index (χ0n) is 9.76. The molecule has 18 heavy (non-hydrogen) atoms. The quantitative estimate of drug-likeness (QED) is 0.795. The average molecular weight is 270 g/mol. The minimum absolute atomic E-state index is 0.196. The van der Waals surface area contributed by atoms with Gasteiger partial charge < -0.3 is 15.0 Å². The Morgan fingerprint density at radius 1 is 1.56 bits per heavy atom. The second kappa shape index (κ2) is 5.18. The number of imidazole rings is 1. The number of halogens is 1. The predicted molar refractivity (Wildman–Crippen MR) is 65.2 cm³/mol. The van der Waals surface area contributed by atoms with E-state index in [4.69, 9.17) is 22.1 Å². The van der Waals surface area contributed by atoms with Crippen molar-refractivity contribution in [2.45, 2.75) is 18.8 Å². The molecule has 0 aliphatic heterocycles. The summed E-state index contributed by atoms with van der Waals surface area (Å²) in [4.78, 5) is 23.3. The highest BCUT2D eigenvalue weighted by atomic mass is 35.5. The van der Waals surface area contributed by atoms with Gasteiger partial charge in [-0.15, -0.1) is 11.6 Å². The van der Waals surface area contributed by atoms with Gasteiger partial charge in [-0.1, -0.05) is 0 Å². The number of amides is 1. The highest BCUT2D eigenvalue weighted by molar-refractivity contribution is 6.16. The third kappa shape index (κ3) is 2.21. The van der Waals surface area contributed by atoms with Gasteiger partial charge in [-0.25, -0.2) is 9.97 Å². The molecule has 1 amide bonds. The minimum atomic E-state index is -0.390. The Morgan fingerprint density at radius 2 is 2.33 bits per heavy atom. The molecule has 0 aromatic carbocycles. The molecule has 0 aliphatic rings. The van der Waals surface area contributed by atoms with Crippen LogP contribution in [-0.2, 0) is 17.2 Å². The molecule has 0 unspecified atom stereocenters. The number of alkyl halides is 1. The molecule has 0 fully saturated rings. The number of aromatic nitrogens is 4. The van der Waals surface area contributed by atoms with E-state index in [9.17, 15) is 4.79 Å². The number of carbonyl (C=O) groups excluding carboxylic acids is 1. The number of hydrogen-bond donors (Lipinski definition) is 1. The third-order valence-electron chi connectivity index (χ3n) is 2.47. The van der Waals surface area contributed by atoms with Crippen LogP contribution in [0.25, 0.3) is 11.2 Å². The Balaban J connectivity index is 2.52. The van der Waals surface area contributed by atoms with Gasteiger partial charge in [0.2, 0.25) is 11.8 Å². The van der Waals surface area contributed by atoms with Crippen LogP contribution in [0.2, 0.25) is 0 Å². The first-order chi connectivity index (χ1) is 8.67. The summed E-state index contributed by atoms with van der Waals surface area (Å²) < 4.78 is 6.85. The van der Waals surface area contributed by atoms with Crippen LogP contribution in [0.1, 0.15) is 12.2 Å². The monoisotopic (exact) mass is 269 g/mol. The van der Waals surface area contributed by atoms with Crippen molar-refractivity contribution in [3.8, 4) is 5.88 Å². The Labute approximate surface area is 108 Å². The van der Waals surface area contributed by atoms with Crippen molar-refractivity contribution in [1.29, 1.82) is 0 Å². The van der Waals surface area contributed by atoms with Crippen molar-refractivity contribution in [1.82, 2.24) is 19.5 Å². The molecule has 2 rings (SSSR count). The van der Waals surface area contributed by atoms with Gasteiger partial charge in [-0.2, -0.15) is 4.98 Å². The molecule has 96 valence electrons. The van der Waals surface area contributed by atoms with Crippen LogP contribution in [0.5, 0.6) is 5.88 Å². The van der Waals surface area contributed by atoms with Gasteiger partial charge >= 0.3 is 0 Å². The van der Waals surface area contributed by atoms with E-state index >= 15 is 0 Å². The van der Waals surface area contributed by atoms with Gasteiger partial charge in [0.15, 0.2) is 11.2 Å². The van der Waals surface area contributed by atoms with Crippen LogP contribution in [0.4, 0.5) is 0 Å². The molecule has 0 spiro atoms. The first-order valence-corrected chi connectivity index (χ1v) is 5.79. The molecule has 0 atom stereocenters. The maximum Gasteiger partial charge on any atom is 0.245 e. The fourth-order valence-electron chi connectivity index (χ4n) is 1.67. The molecule has 0 aliphatic carbocycles. The smallest absolute Gasteiger partial charge is 0.245 e. The fourth-order valence-corrected chi connectivity index (χ4v) is 1.87. The topological polar surface area (TPSA) is 95.9 Å². The van der Waals surface area contributed by atoms with Crippen molar-refractivity contribution in [3.05, 3.63) is 12.2 Å². The summed E-state index contributed by atoms with van der Waals surface area (Å²) >= 11 is 5.83. The van der Waals surface area contributed by atoms with Crippen molar-refractivity contribution in [2.75, 3.05) is 7.11 Å². The molecular formula is C10H12ClN5O2. The molecule has 0 bridgehead atoms. The first-order valence-electron chi connectivity index (χ1n) is 5.25. The number of primary amides is 1. The number of hydrogen-bond acceptors (Lipinski definition) is 5. The highest BCUT2D eigenvalue weighted by Crippen LogP contribution is 2.22. The number of nitrogens with two attached hydrogens (primary N) is 1. The Morgan fingerprint density at radius 3 is 2.94 bits per heavy atom. The number of rotatable bonds is 5. The summed E-state index contributed by atoms with van der Waals surface area (Å²) in [6.45, 7) is 0.383. The molecule has 2 aromatic rings. The van der Waals surface area contributed by atoms with Gasteiger partial charge in [0.05, 0.1) is 13.0 Å². The van der Waals surface area contributed by atoms with Crippen molar-refractivity contribution < 1.29 is 9.53 Å². The second-order valence-electron chi connectivity index (χ2n) is 3.58. The van der Waals surface area contributed by atoms with E-state index in [1.807, 2.05) is 0 Å². The number of aryl methyl sites for hydroxylation is 1. The second-order valence-corrected chi connectivity index (χ2v) is 3.85. The standard InChI is InChI=1S/C10H12ClN5O2/c1-18-10-8-9(13-5-14-10)16(3-2-6(12)17)7(4-11)15-8/h5H,2-4H2,1H3,(H2,12,17). The van der Waals surface area contributed by atoms with Gasteiger partial charge in [0.25, 0.3) is 0 Å². The highest BCUT2D eigenvalue weighted by Gasteiger charge is 2.15. The zero-order chi connectivity index (χ0) is 13.1. The average Bonchev–Trinajstić information content (AvgIpc) is 2.73. The molecule has 0 radical (unpaired) electrons. The lowest BCUT2D eigenvalue weighted by molar-refractivity contribution is -0.118. The Bertz CT molecular complexity index is 583. The van der Waals surface area contributed by atoms with Gasteiger partial charge in [0, 0.05) is 13.0 Å². The minimum Gasteiger partial charge on any atom is -0.479 e. The number of ether oxygens (including phenoxy) is 1. The number of nitrogens with zero attached hydrogens (tertiary/aromatic N) is 4. The van der Waals surface area contributed by atoms with Crippen LogP contribution < -0.4 is 10.5 Å². The van der Waals surface area contributed by atoms with Crippen LogP contribution in [0.15, 0.2) is 6.33 Å². The van der Waals surface area contributed by atoms with Crippen molar-refractivity contribution in [2.24, 2.45) is 5.73 Å². The molecule has 8 heteroatoms. The fraction of sp³-hybridized carbons (Fsp3) is 0.400. The molecule has 7 nitrogen and oxygen atoms in total. The molecule has 2 N–H and O–H groups in total. The lowest BCUT2D eigenvalue weighted by Crippen LogP contribution is -2.15. The number of methoxy groups -OCH3 is 1. The van der Waals surface area contributed by atoms with E-state index < -0.39 is 5.91 Å². The normalized spacial score (nSPS) is 10.8. The molecule has 2 aromatic heterocycles. The Kier molecular flexibility index (Phi) is 3.61. The van der Waals surface area contributed by atoms with Gasteiger partial charge in [-0.3, -0.25) is 4.79 Å². The van der Waals surface area contributed by atoms with E-state index in [0.717, 1.165) is 0 Å². The van der Waals surface area contributed by atoms with Gasteiger partial charge in [-0.05, 0) is 0 Å². The van der Waals surface area contributed by atoms with E-state index in [1.165, 1.54) is 13.4 Å². The van der Waals surface area contributed by atoms with Crippen LogP contribution in [-0.4, -0.2) is 32.5 Å². The van der Waals surface area contributed by atoms with Crippen molar-refractivity contribution in [3.63, 3.8) is 0 Å². The van der Waals surface area contributed by atoms with Gasteiger partial charge in [0.1, 0.15) is 12.2 Å². The largest absolute Gasteiger partial charge is 0.479 e. The summed E-state index contributed by atoms with van der Waals surface area (Å²) in [7, 11) is 1.50. The molecule has 0 saturated carbocycles. The van der Waals surface area contributed by atoms with E-state index in [1.54, 1.807) is 4.57 Å². The summed E-state index contributed by atoms with van der Waals surface area (Å²) in [5.41, 5.74) is 6.25. The van der Waals surface area contributed by atoms with E-state index in [2.05, 4.69) is 15.0 Å². The third-order valence-corrected chi connectivity index (χ3v) is 2.71. The predicted octanol–water partition coefficient (Wildman–Crippen LogP) is 0.449. The Hall–Kier alpha value is -1.89. The van der Waals surface area contributed by atoms with Crippen LogP contribution in [0.3, 0.4) is 0 Å². The van der Waals surface area contributed by atoms with Crippen LogP contribution in [0, 0.1) is 0 Å². The number of carbonyl (C=O) groups is 1. The van der Waals surface area contributed by atoms with E-state index in [0.29, 0.717) is 29.4 Å². The molecule has 2 heterocycles. The number of fused-ring (bicyclic) bond motifs is 1. The van der Waals surface area contributed by atoms with Crippen molar-refractivity contribution >= 4 is 28.7 Å². The SMILES string of the molecule is COc1ncnc2c1nc(CCl)n2CCC(N)=O. The maximum absolute atomic E-state index is 10.9. The lowest BCUT2D eigenvalue weighted by atomic mass is 10.4. The molecular weight excluding hydrogens is 258 g/mol. The summed E-state index contributed by atoms with van der Waals surface area (Å²) in [6, 6.07) is 0. The summed E-state index contributed by atoms with van der Waals surface area (Å²) in [6.07, 6.45) is 1.57. The summed E-state index contributed by atoms with van der Waals surface area (Å²) in [5.74, 6) is 0.799. The van der Waals surface area contributed by atoms with E-state index in [-0.39, 0.29) is 12.3 Å². The summed E-state index contributed by atoms with van der Waals surface area (Å²) in [5, 5.41) is 0. The molecule has 0 saturated heterocycles. The lowest BCUT2D eigenvalue weighted by Gasteiger charge is -2.04. The van der Waals surface area contributed by atoms with Crippen LogP contribution >= 0.6 is 11.6 Å². The zero-order valence-corrected chi connectivity index (χ0v) is 10.5.